The Kier molecular flexibility index (Phi) is 6.79. The van der Waals surface area contributed by atoms with Gasteiger partial charge in [0.15, 0.2) is 0 Å². The lowest BCUT2D eigenvalue weighted by atomic mass is 9.84. The van der Waals surface area contributed by atoms with Crippen LogP contribution in [0.15, 0.2) is 91.0 Å². The summed E-state index contributed by atoms with van der Waals surface area (Å²) in [5, 5.41) is 8.86. The van der Waals surface area contributed by atoms with E-state index in [1.165, 1.54) is 16.7 Å². The van der Waals surface area contributed by atoms with Crippen molar-refractivity contribution in [1.82, 2.24) is 10.0 Å². The van der Waals surface area contributed by atoms with Crippen molar-refractivity contribution < 1.29 is 8.42 Å². The molecule has 0 aliphatic carbocycles. The molecule has 0 spiro atoms. The number of benzene rings is 3. The van der Waals surface area contributed by atoms with E-state index in [0.717, 1.165) is 13.0 Å². The van der Waals surface area contributed by atoms with Crippen molar-refractivity contribution in [2.45, 2.75) is 22.5 Å². The van der Waals surface area contributed by atoms with Gasteiger partial charge in [0.2, 0.25) is 0 Å². The van der Waals surface area contributed by atoms with Crippen LogP contribution in [0.1, 0.15) is 23.1 Å². The average molecular weight is 454 g/mol. The zero-order valence-electron chi connectivity index (χ0n) is 17.1. The summed E-state index contributed by atoms with van der Waals surface area (Å²) in [4.78, 5) is 0. The van der Waals surface area contributed by atoms with Crippen molar-refractivity contribution in [2.24, 2.45) is 5.14 Å². The van der Waals surface area contributed by atoms with E-state index < -0.39 is 10.2 Å². The Morgan fingerprint density at radius 2 is 1.32 bits per heavy atom. The van der Waals surface area contributed by atoms with Crippen molar-refractivity contribution in [3.8, 4) is 0 Å². The topological polar surface area (TPSA) is 84.2 Å². The van der Waals surface area contributed by atoms with Gasteiger partial charge in [-0.1, -0.05) is 91.0 Å². The Labute approximate surface area is 188 Å². The van der Waals surface area contributed by atoms with E-state index in [9.17, 15) is 8.42 Å². The highest BCUT2D eigenvalue weighted by molar-refractivity contribution is 8.01. The van der Waals surface area contributed by atoms with E-state index in [-0.39, 0.29) is 10.8 Å². The van der Waals surface area contributed by atoms with Crippen LogP contribution < -0.4 is 15.2 Å². The summed E-state index contributed by atoms with van der Waals surface area (Å²) in [6.07, 6.45) is 0.849. The molecule has 2 atom stereocenters. The maximum atomic E-state index is 11.3. The zero-order valence-corrected chi connectivity index (χ0v) is 18.8. The van der Waals surface area contributed by atoms with Gasteiger partial charge in [-0.3, -0.25) is 0 Å². The molecule has 1 heterocycles. The molecule has 162 valence electrons. The molecule has 1 aliphatic rings. The van der Waals surface area contributed by atoms with Gasteiger partial charge in [-0.15, -0.1) is 11.8 Å². The molecule has 4 N–H and O–H groups in total. The molecule has 4 rings (SSSR count). The molecule has 1 saturated heterocycles. The van der Waals surface area contributed by atoms with Crippen molar-refractivity contribution in [3.63, 3.8) is 0 Å². The first-order valence-corrected chi connectivity index (χ1v) is 12.7. The second kappa shape index (κ2) is 9.54. The largest absolute Gasteiger partial charge is 0.312 e. The van der Waals surface area contributed by atoms with Gasteiger partial charge in [0.25, 0.3) is 10.2 Å². The molecule has 5 nitrogen and oxygen atoms in total. The number of nitrogens with one attached hydrogen (secondary N) is 2. The molecule has 31 heavy (non-hydrogen) atoms. The lowest BCUT2D eigenvalue weighted by Crippen LogP contribution is -2.40. The Balaban J connectivity index is 1.71. The van der Waals surface area contributed by atoms with E-state index in [4.69, 9.17) is 5.14 Å². The highest BCUT2D eigenvalue weighted by Crippen LogP contribution is 2.51. The van der Waals surface area contributed by atoms with Crippen LogP contribution in [0.25, 0.3) is 0 Å². The molecule has 1 aliphatic heterocycles. The minimum atomic E-state index is -3.69. The highest BCUT2D eigenvalue weighted by atomic mass is 32.2. The van der Waals surface area contributed by atoms with Crippen molar-refractivity contribution in [2.75, 3.05) is 13.1 Å². The fourth-order valence-electron chi connectivity index (χ4n) is 4.22. The number of hydrogen-bond donors (Lipinski definition) is 3. The summed E-state index contributed by atoms with van der Waals surface area (Å²) in [7, 11) is -3.69. The Hall–Kier alpha value is -2.16. The first kappa shape index (κ1) is 22.0. The third-order valence-corrected chi connectivity index (χ3v) is 7.92. The normalized spacial score (nSPS) is 19.4. The molecule has 0 aromatic heterocycles. The summed E-state index contributed by atoms with van der Waals surface area (Å²) < 4.78 is 24.6. The molecule has 1 fully saturated rings. The molecule has 0 bridgehead atoms. The predicted molar refractivity (Wildman–Crippen MR) is 128 cm³/mol. The molecule has 0 radical (unpaired) electrons. The van der Waals surface area contributed by atoms with E-state index in [0.29, 0.717) is 11.8 Å². The third-order valence-electron chi connectivity index (χ3n) is 5.60. The maximum absolute atomic E-state index is 11.3. The molecule has 0 saturated carbocycles. The lowest BCUT2D eigenvalue weighted by molar-refractivity contribution is 0.553. The highest BCUT2D eigenvalue weighted by Gasteiger charge is 2.41. The monoisotopic (exact) mass is 453 g/mol. The average Bonchev–Trinajstić information content (AvgIpc) is 3.25. The van der Waals surface area contributed by atoms with Crippen LogP contribution in [-0.2, 0) is 15.0 Å². The molecule has 0 amide bonds. The summed E-state index contributed by atoms with van der Waals surface area (Å²) in [6.45, 7) is 1.10. The van der Waals surface area contributed by atoms with Crippen LogP contribution in [0.2, 0.25) is 0 Å². The number of rotatable bonds is 8. The van der Waals surface area contributed by atoms with Gasteiger partial charge in [-0.05, 0) is 23.1 Å². The second-order valence-electron chi connectivity index (χ2n) is 7.75. The van der Waals surface area contributed by atoms with Gasteiger partial charge in [0.1, 0.15) is 0 Å². The van der Waals surface area contributed by atoms with Crippen LogP contribution >= 0.6 is 11.8 Å². The van der Waals surface area contributed by atoms with Gasteiger partial charge >= 0.3 is 0 Å². The van der Waals surface area contributed by atoms with Crippen molar-refractivity contribution >= 4 is 22.0 Å². The third kappa shape index (κ3) is 5.19. The van der Waals surface area contributed by atoms with E-state index in [2.05, 4.69) is 82.8 Å². The fourth-order valence-corrected chi connectivity index (χ4v) is 6.47. The number of thioether (sulfide) groups is 1. The first-order chi connectivity index (χ1) is 15.0. The molecule has 3 aromatic carbocycles. The molecule has 2 unspecified atom stereocenters. The summed E-state index contributed by atoms with van der Waals surface area (Å²) >= 11 is 1.93. The lowest BCUT2D eigenvalue weighted by Gasteiger charge is -2.37. The van der Waals surface area contributed by atoms with E-state index >= 15 is 0 Å². The Bertz CT molecular complexity index is 981. The van der Waals surface area contributed by atoms with Crippen LogP contribution in [0.5, 0.6) is 0 Å². The number of hydrogen-bond acceptors (Lipinski definition) is 4. The zero-order chi connectivity index (χ0) is 21.7. The first-order valence-electron chi connectivity index (χ1n) is 10.3. The van der Waals surface area contributed by atoms with E-state index in [1.54, 1.807) is 0 Å². The van der Waals surface area contributed by atoms with Crippen molar-refractivity contribution in [1.29, 1.82) is 0 Å². The van der Waals surface area contributed by atoms with Crippen LogP contribution in [0.4, 0.5) is 0 Å². The van der Waals surface area contributed by atoms with Gasteiger partial charge in [0.05, 0.1) is 4.75 Å². The maximum Gasteiger partial charge on any atom is 0.274 e. The standard InChI is InChI=1S/C24H27N3O2S2/c25-31(28,29)27-17-22-16-23(18-26-22)30-24(19-10-4-1-5-11-19,20-12-6-2-7-13-20)21-14-8-3-9-15-21/h1-15,22-23,26-27H,16-18H2,(H2,25,28,29). The molecule has 3 aromatic rings. The Morgan fingerprint density at radius 1 is 0.871 bits per heavy atom. The van der Waals surface area contributed by atoms with Gasteiger partial charge in [-0.2, -0.15) is 8.42 Å². The van der Waals surface area contributed by atoms with Gasteiger partial charge in [-0.25, -0.2) is 9.86 Å². The fraction of sp³-hybridized carbons (Fsp3) is 0.250. The van der Waals surface area contributed by atoms with Crippen LogP contribution in [0, 0.1) is 0 Å². The van der Waals surface area contributed by atoms with Gasteiger partial charge in [0, 0.05) is 24.4 Å². The molecular weight excluding hydrogens is 426 g/mol. The van der Waals surface area contributed by atoms with Gasteiger partial charge < -0.3 is 5.32 Å². The van der Waals surface area contributed by atoms with Crippen molar-refractivity contribution in [3.05, 3.63) is 108 Å². The predicted octanol–water partition coefficient (Wildman–Crippen LogP) is 3.24. The SMILES string of the molecule is NS(=O)(=O)NCC1CC(SC(c2ccccc2)(c2ccccc2)c2ccccc2)CN1. The molecular formula is C24H27N3O2S2. The summed E-state index contributed by atoms with van der Waals surface area (Å²) in [5.74, 6) is 0. The quantitative estimate of drug-likeness (QED) is 0.457. The number of nitrogens with two attached hydrogens (primary N) is 1. The summed E-state index contributed by atoms with van der Waals surface area (Å²) in [5.41, 5.74) is 3.68. The van der Waals surface area contributed by atoms with E-state index in [1.807, 2.05) is 30.0 Å². The smallest absolute Gasteiger partial charge is 0.274 e. The summed E-state index contributed by atoms with van der Waals surface area (Å²) in [6, 6.07) is 31.8. The second-order valence-corrected chi connectivity index (χ2v) is 10.6. The van der Waals surface area contributed by atoms with Crippen LogP contribution in [0.3, 0.4) is 0 Å². The minimum Gasteiger partial charge on any atom is -0.312 e. The molecule has 7 heteroatoms. The van der Waals surface area contributed by atoms with Crippen LogP contribution in [-0.4, -0.2) is 32.8 Å². The minimum absolute atomic E-state index is 0.0517. The Morgan fingerprint density at radius 3 is 1.74 bits per heavy atom.